The summed E-state index contributed by atoms with van der Waals surface area (Å²) < 4.78 is 2.10. The number of benzene rings is 1. The van der Waals surface area contributed by atoms with Gasteiger partial charge in [0.05, 0.1) is 6.33 Å². The van der Waals surface area contributed by atoms with E-state index >= 15 is 0 Å². The second-order valence-electron chi connectivity index (χ2n) is 6.01. The number of nitrogens with one attached hydrogen (secondary N) is 1. The van der Waals surface area contributed by atoms with Crippen LogP contribution in [0.25, 0.3) is 0 Å². The summed E-state index contributed by atoms with van der Waals surface area (Å²) in [6.45, 7) is 3.29. The third kappa shape index (κ3) is 4.08. The van der Waals surface area contributed by atoms with Gasteiger partial charge in [-0.1, -0.05) is 12.1 Å². The Morgan fingerprint density at radius 3 is 3.10 bits per heavy atom. The third-order valence-corrected chi connectivity index (χ3v) is 4.17. The SMILES string of the molecule is CN1CCCC(Nc2cccc(Cn3ccnc3)c2)CC1. The summed E-state index contributed by atoms with van der Waals surface area (Å²) in [5, 5.41) is 3.71. The fourth-order valence-electron chi connectivity index (χ4n) is 2.97. The summed E-state index contributed by atoms with van der Waals surface area (Å²) in [5.41, 5.74) is 2.55. The predicted octanol–water partition coefficient (Wildman–Crippen LogP) is 2.83. The molecule has 4 nitrogen and oxygen atoms in total. The Labute approximate surface area is 126 Å². The van der Waals surface area contributed by atoms with Gasteiger partial charge in [0.1, 0.15) is 0 Å². The summed E-state index contributed by atoms with van der Waals surface area (Å²) in [6.07, 6.45) is 9.45. The van der Waals surface area contributed by atoms with Crippen LogP contribution in [0.2, 0.25) is 0 Å². The molecule has 21 heavy (non-hydrogen) atoms. The fourth-order valence-corrected chi connectivity index (χ4v) is 2.97. The summed E-state index contributed by atoms with van der Waals surface area (Å²) in [5.74, 6) is 0. The first-order valence-electron chi connectivity index (χ1n) is 7.79. The Balaban J connectivity index is 1.62. The highest BCUT2D eigenvalue weighted by Crippen LogP contribution is 2.18. The number of nitrogens with zero attached hydrogens (tertiary/aromatic N) is 3. The lowest BCUT2D eigenvalue weighted by molar-refractivity contribution is 0.348. The highest BCUT2D eigenvalue weighted by atomic mass is 15.1. The maximum absolute atomic E-state index is 4.09. The molecule has 0 saturated carbocycles. The van der Waals surface area contributed by atoms with Crippen molar-refractivity contribution in [3.8, 4) is 0 Å². The van der Waals surface area contributed by atoms with Crippen LogP contribution in [0.3, 0.4) is 0 Å². The molecule has 1 aromatic carbocycles. The van der Waals surface area contributed by atoms with Crippen molar-refractivity contribution in [3.63, 3.8) is 0 Å². The van der Waals surface area contributed by atoms with Crippen LogP contribution in [0.15, 0.2) is 43.0 Å². The zero-order valence-corrected chi connectivity index (χ0v) is 12.7. The van der Waals surface area contributed by atoms with Gasteiger partial charge in [0.2, 0.25) is 0 Å². The molecular weight excluding hydrogens is 260 g/mol. The zero-order chi connectivity index (χ0) is 14.5. The van der Waals surface area contributed by atoms with E-state index in [-0.39, 0.29) is 0 Å². The summed E-state index contributed by atoms with van der Waals surface area (Å²) in [4.78, 5) is 6.52. The van der Waals surface area contributed by atoms with Crippen molar-refractivity contribution < 1.29 is 0 Å². The Morgan fingerprint density at radius 1 is 1.29 bits per heavy atom. The van der Waals surface area contributed by atoms with Gasteiger partial charge in [0.25, 0.3) is 0 Å². The molecule has 1 saturated heterocycles. The first kappa shape index (κ1) is 14.1. The average Bonchev–Trinajstić information content (AvgIpc) is 2.89. The van der Waals surface area contributed by atoms with Gasteiger partial charge < -0.3 is 14.8 Å². The minimum atomic E-state index is 0.596. The molecule has 3 rings (SSSR count). The Kier molecular flexibility index (Phi) is 4.55. The summed E-state index contributed by atoms with van der Waals surface area (Å²) in [7, 11) is 2.22. The lowest BCUT2D eigenvalue weighted by atomic mass is 10.1. The number of imidazole rings is 1. The number of aromatic nitrogens is 2. The van der Waals surface area contributed by atoms with E-state index in [0.29, 0.717) is 6.04 Å². The number of hydrogen-bond donors (Lipinski definition) is 1. The minimum Gasteiger partial charge on any atom is -0.382 e. The topological polar surface area (TPSA) is 33.1 Å². The number of rotatable bonds is 4. The fraction of sp³-hybridized carbons (Fsp3) is 0.471. The van der Waals surface area contributed by atoms with Crippen LogP contribution in [-0.2, 0) is 6.54 Å². The predicted molar refractivity (Wildman–Crippen MR) is 86.5 cm³/mol. The van der Waals surface area contributed by atoms with Crippen LogP contribution < -0.4 is 5.32 Å². The van der Waals surface area contributed by atoms with Crippen molar-refractivity contribution in [2.24, 2.45) is 0 Å². The van der Waals surface area contributed by atoms with E-state index in [4.69, 9.17) is 0 Å². The number of likely N-dealkylation sites (tertiary alicyclic amines) is 1. The molecule has 1 aliphatic rings. The van der Waals surface area contributed by atoms with Crippen LogP contribution in [0, 0.1) is 0 Å². The Hall–Kier alpha value is -1.81. The van der Waals surface area contributed by atoms with Gasteiger partial charge in [-0.25, -0.2) is 4.98 Å². The van der Waals surface area contributed by atoms with Crippen LogP contribution in [0.5, 0.6) is 0 Å². The zero-order valence-electron chi connectivity index (χ0n) is 12.7. The molecule has 0 spiro atoms. The number of anilines is 1. The lowest BCUT2D eigenvalue weighted by Gasteiger charge is -2.18. The van der Waals surface area contributed by atoms with Gasteiger partial charge in [-0.15, -0.1) is 0 Å². The average molecular weight is 284 g/mol. The molecule has 2 aromatic rings. The van der Waals surface area contributed by atoms with E-state index in [0.717, 1.165) is 6.54 Å². The highest BCUT2D eigenvalue weighted by molar-refractivity contribution is 5.46. The Morgan fingerprint density at radius 2 is 2.24 bits per heavy atom. The van der Waals surface area contributed by atoms with E-state index in [1.807, 2.05) is 18.7 Å². The molecule has 112 valence electrons. The quantitative estimate of drug-likeness (QED) is 0.937. The van der Waals surface area contributed by atoms with Crippen LogP contribution in [-0.4, -0.2) is 40.6 Å². The number of hydrogen-bond acceptors (Lipinski definition) is 3. The molecule has 1 aliphatic heterocycles. The first-order valence-corrected chi connectivity index (χ1v) is 7.79. The van der Waals surface area contributed by atoms with E-state index in [1.165, 1.54) is 43.6 Å². The van der Waals surface area contributed by atoms with Crippen molar-refractivity contribution in [1.82, 2.24) is 14.5 Å². The van der Waals surface area contributed by atoms with Gasteiger partial charge >= 0.3 is 0 Å². The van der Waals surface area contributed by atoms with Gasteiger partial charge in [0, 0.05) is 30.7 Å². The van der Waals surface area contributed by atoms with Gasteiger partial charge in [-0.05, 0) is 57.1 Å². The Bertz CT molecular complexity index is 550. The smallest absolute Gasteiger partial charge is 0.0949 e. The molecule has 1 fully saturated rings. The summed E-state index contributed by atoms with van der Waals surface area (Å²) >= 11 is 0. The van der Waals surface area contributed by atoms with Crippen molar-refractivity contribution in [3.05, 3.63) is 48.5 Å². The molecule has 2 heterocycles. The van der Waals surface area contributed by atoms with Crippen molar-refractivity contribution in [2.75, 3.05) is 25.5 Å². The maximum atomic E-state index is 4.09. The second-order valence-corrected chi connectivity index (χ2v) is 6.01. The van der Waals surface area contributed by atoms with Crippen LogP contribution in [0.4, 0.5) is 5.69 Å². The van der Waals surface area contributed by atoms with E-state index in [1.54, 1.807) is 0 Å². The van der Waals surface area contributed by atoms with E-state index < -0.39 is 0 Å². The monoisotopic (exact) mass is 284 g/mol. The molecule has 1 unspecified atom stereocenters. The van der Waals surface area contributed by atoms with E-state index in [9.17, 15) is 0 Å². The molecule has 0 aliphatic carbocycles. The van der Waals surface area contributed by atoms with Gasteiger partial charge in [-0.3, -0.25) is 0 Å². The molecule has 0 amide bonds. The van der Waals surface area contributed by atoms with Crippen molar-refractivity contribution in [1.29, 1.82) is 0 Å². The molecule has 0 radical (unpaired) electrons. The van der Waals surface area contributed by atoms with Crippen LogP contribution in [0.1, 0.15) is 24.8 Å². The lowest BCUT2D eigenvalue weighted by Crippen LogP contribution is -2.23. The molecule has 1 atom stereocenters. The van der Waals surface area contributed by atoms with Crippen molar-refractivity contribution in [2.45, 2.75) is 31.8 Å². The van der Waals surface area contributed by atoms with Crippen molar-refractivity contribution >= 4 is 5.69 Å². The third-order valence-electron chi connectivity index (χ3n) is 4.17. The highest BCUT2D eigenvalue weighted by Gasteiger charge is 2.14. The maximum Gasteiger partial charge on any atom is 0.0949 e. The molecule has 0 bridgehead atoms. The summed E-state index contributed by atoms with van der Waals surface area (Å²) in [6, 6.07) is 9.34. The molecule has 4 heteroatoms. The van der Waals surface area contributed by atoms with Crippen LogP contribution >= 0.6 is 0 Å². The molecular formula is C17H24N4. The largest absolute Gasteiger partial charge is 0.382 e. The normalized spacial score (nSPS) is 20.1. The van der Waals surface area contributed by atoms with Gasteiger partial charge in [0.15, 0.2) is 0 Å². The van der Waals surface area contributed by atoms with E-state index in [2.05, 4.69) is 51.1 Å². The minimum absolute atomic E-state index is 0.596. The molecule has 1 aromatic heterocycles. The van der Waals surface area contributed by atoms with Gasteiger partial charge in [-0.2, -0.15) is 0 Å². The second kappa shape index (κ2) is 6.76. The molecule has 1 N–H and O–H groups in total. The standard InChI is InChI=1S/C17H24N4/c1-20-9-3-6-16(7-10-20)19-17-5-2-4-15(12-17)13-21-11-8-18-14-21/h2,4-5,8,11-12,14,16,19H,3,6-7,9-10,13H2,1H3. The first-order chi connectivity index (χ1) is 10.3.